The summed E-state index contributed by atoms with van der Waals surface area (Å²) in [5, 5.41) is 19.2. The summed E-state index contributed by atoms with van der Waals surface area (Å²) in [5.41, 5.74) is -0.654. The van der Waals surface area contributed by atoms with Crippen molar-refractivity contribution in [1.29, 1.82) is 0 Å². The lowest BCUT2D eigenvalue weighted by Gasteiger charge is -2.36. The van der Waals surface area contributed by atoms with E-state index >= 15 is 0 Å². The van der Waals surface area contributed by atoms with Gasteiger partial charge in [-0.05, 0) is 37.8 Å². The number of anilines is 1. The summed E-state index contributed by atoms with van der Waals surface area (Å²) >= 11 is 3.03. The Bertz CT molecular complexity index is 626. The number of piperidine rings is 1. The minimum atomic E-state index is -0.654. The van der Waals surface area contributed by atoms with Crippen LogP contribution in [0.25, 0.3) is 0 Å². The molecule has 10 heteroatoms. The van der Waals surface area contributed by atoms with Gasteiger partial charge in [-0.3, -0.25) is 14.8 Å². The number of halogens is 1. The van der Waals surface area contributed by atoms with Crippen LogP contribution < -0.4 is 10.6 Å². The Kier molecular flexibility index (Phi) is 6.40. The van der Waals surface area contributed by atoms with Crippen molar-refractivity contribution in [2.24, 2.45) is 0 Å². The van der Waals surface area contributed by atoms with Crippen LogP contribution in [-0.4, -0.2) is 44.7 Å². The molecule has 0 atom stereocenters. The Morgan fingerprint density at radius 2 is 2.26 bits per heavy atom. The average molecular weight is 375 g/mol. The van der Waals surface area contributed by atoms with E-state index in [0.717, 1.165) is 23.2 Å². The molecule has 23 heavy (non-hydrogen) atoms. The summed E-state index contributed by atoms with van der Waals surface area (Å²) in [5.74, 6) is 0.868. The van der Waals surface area contributed by atoms with Crippen LogP contribution in [0.5, 0.6) is 0 Å². The van der Waals surface area contributed by atoms with Crippen LogP contribution in [0.15, 0.2) is 22.8 Å². The highest BCUT2D eigenvalue weighted by atomic mass is 35.5. The Morgan fingerprint density at radius 3 is 2.91 bits per heavy atom. The molecule has 0 aromatic carbocycles. The Labute approximate surface area is 149 Å². The molecule has 0 radical (unpaired) electrons. The van der Waals surface area contributed by atoms with E-state index in [1.807, 2.05) is 12.3 Å². The van der Waals surface area contributed by atoms with Crippen molar-refractivity contribution in [2.75, 3.05) is 24.2 Å². The highest BCUT2D eigenvalue weighted by Gasteiger charge is 2.42. The minimum absolute atomic E-state index is 0. The van der Waals surface area contributed by atoms with Gasteiger partial charge in [-0.15, -0.1) is 22.6 Å². The summed E-state index contributed by atoms with van der Waals surface area (Å²) in [6.07, 6.45) is 4.97. The number of aromatic nitrogens is 4. The summed E-state index contributed by atoms with van der Waals surface area (Å²) in [6, 6.07) is 1.85. The van der Waals surface area contributed by atoms with Gasteiger partial charge in [-0.25, -0.2) is 0 Å². The second kappa shape index (κ2) is 8.09. The molecule has 0 bridgehead atoms. The number of hydrogen-bond donors (Lipinski definition) is 2. The smallest absolute Gasteiger partial charge is 0.254 e. The van der Waals surface area contributed by atoms with Crippen LogP contribution in [0.3, 0.4) is 0 Å². The van der Waals surface area contributed by atoms with E-state index in [2.05, 4.69) is 32.9 Å². The van der Waals surface area contributed by atoms with Crippen LogP contribution in [0.1, 0.15) is 19.8 Å². The fourth-order valence-electron chi connectivity index (χ4n) is 2.58. The number of carbonyl (C=O) groups excluding carboxylic acids is 1. The predicted molar refractivity (Wildman–Crippen MR) is 94.5 cm³/mol. The third-order valence-corrected chi connectivity index (χ3v) is 5.55. The van der Waals surface area contributed by atoms with E-state index < -0.39 is 5.54 Å². The monoisotopic (exact) mass is 374 g/mol. The lowest BCUT2D eigenvalue weighted by molar-refractivity contribution is -0.126. The molecule has 1 fully saturated rings. The van der Waals surface area contributed by atoms with Gasteiger partial charge in [0.05, 0.1) is 0 Å². The number of hydrogen-bond acceptors (Lipinski definition) is 7. The SMILES string of the molecule is CCSc1nnc(NC(=O)C2(n3cccn3)CCNCC2)s1.Cl. The first kappa shape index (κ1) is 18.2. The van der Waals surface area contributed by atoms with Crippen molar-refractivity contribution in [3.63, 3.8) is 0 Å². The van der Waals surface area contributed by atoms with E-state index in [9.17, 15) is 4.79 Å². The molecule has 1 aliphatic heterocycles. The van der Waals surface area contributed by atoms with Gasteiger partial charge >= 0.3 is 0 Å². The van der Waals surface area contributed by atoms with E-state index in [1.165, 1.54) is 11.3 Å². The quantitative estimate of drug-likeness (QED) is 0.615. The molecular formula is C13H19ClN6OS2. The maximum Gasteiger partial charge on any atom is 0.254 e. The van der Waals surface area contributed by atoms with Gasteiger partial charge < -0.3 is 5.32 Å². The van der Waals surface area contributed by atoms with Crippen molar-refractivity contribution >= 4 is 46.5 Å². The molecule has 7 nitrogen and oxygen atoms in total. The zero-order valence-corrected chi connectivity index (χ0v) is 15.1. The molecule has 0 saturated carbocycles. The van der Waals surface area contributed by atoms with E-state index in [0.29, 0.717) is 18.0 Å². The number of rotatable bonds is 5. The molecule has 2 aromatic rings. The second-order valence-corrected chi connectivity index (χ2v) is 7.48. The number of thioether (sulfide) groups is 1. The van der Waals surface area contributed by atoms with E-state index in [1.54, 1.807) is 22.6 Å². The maximum absolute atomic E-state index is 12.9. The highest BCUT2D eigenvalue weighted by molar-refractivity contribution is 8.01. The van der Waals surface area contributed by atoms with Gasteiger partial charge in [0, 0.05) is 12.4 Å². The minimum Gasteiger partial charge on any atom is -0.317 e. The summed E-state index contributed by atoms with van der Waals surface area (Å²) in [6.45, 7) is 3.65. The number of carbonyl (C=O) groups is 1. The normalized spacial score (nSPS) is 16.6. The first-order chi connectivity index (χ1) is 10.7. The molecule has 3 heterocycles. The topological polar surface area (TPSA) is 84.7 Å². The van der Waals surface area contributed by atoms with Crippen molar-refractivity contribution in [3.8, 4) is 0 Å². The molecule has 1 aliphatic rings. The summed E-state index contributed by atoms with van der Waals surface area (Å²) < 4.78 is 2.64. The molecule has 1 amide bonds. The largest absolute Gasteiger partial charge is 0.317 e. The standard InChI is InChI=1S/C13H18N6OS2.ClH/c1-2-21-12-18-17-11(22-12)16-10(20)13(4-7-14-8-5-13)19-9-3-6-15-19;/h3,6,9,14H,2,4-5,7-8H2,1H3,(H,16,17,20);1H. The van der Waals surface area contributed by atoms with Crippen LogP contribution in [0.4, 0.5) is 5.13 Å². The fraction of sp³-hybridized carbons (Fsp3) is 0.538. The van der Waals surface area contributed by atoms with E-state index in [-0.39, 0.29) is 18.3 Å². The fourth-order valence-corrected chi connectivity index (χ4v) is 4.22. The highest BCUT2D eigenvalue weighted by Crippen LogP contribution is 2.30. The van der Waals surface area contributed by atoms with Crippen molar-refractivity contribution in [3.05, 3.63) is 18.5 Å². The van der Waals surface area contributed by atoms with Gasteiger partial charge in [0.15, 0.2) is 4.34 Å². The first-order valence-corrected chi connectivity index (χ1v) is 9.03. The molecule has 1 saturated heterocycles. The van der Waals surface area contributed by atoms with Gasteiger partial charge in [0.2, 0.25) is 5.13 Å². The zero-order chi connectivity index (χ0) is 15.4. The Morgan fingerprint density at radius 1 is 1.48 bits per heavy atom. The molecule has 0 unspecified atom stereocenters. The van der Waals surface area contributed by atoms with Crippen LogP contribution >= 0.6 is 35.5 Å². The van der Waals surface area contributed by atoms with Gasteiger partial charge in [-0.2, -0.15) is 5.10 Å². The van der Waals surface area contributed by atoms with Crippen molar-refractivity contribution in [2.45, 2.75) is 29.6 Å². The summed E-state index contributed by atoms with van der Waals surface area (Å²) in [7, 11) is 0. The number of amides is 1. The van der Waals surface area contributed by atoms with Crippen LogP contribution in [0.2, 0.25) is 0 Å². The van der Waals surface area contributed by atoms with Gasteiger partial charge in [0.25, 0.3) is 5.91 Å². The lowest BCUT2D eigenvalue weighted by Crippen LogP contribution is -2.52. The average Bonchev–Trinajstić information content (AvgIpc) is 3.20. The third-order valence-electron chi connectivity index (χ3n) is 3.69. The zero-order valence-electron chi connectivity index (χ0n) is 12.7. The van der Waals surface area contributed by atoms with Crippen LogP contribution in [0, 0.1) is 0 Å². The molecular weight excluding hydrogens is 356 g/mol. The molecule has 0 spiro atoms. The van der Waals surface area contributed by atoms with Gasteiger partial charge in [-0.1, -0.05) is 30.0 Å². The Balaban J connectivity index is 0.00000192. The second-order valence-electron chi connectivity index (χ2n) is 4.99. The molecule has 126 valence electrons. The predicted octanol–water partition coefficient (Wildman–Crippen LogP) is 1.99. The third kappa shape index (κ3) is 3.85. The van der Waals surface area contributed by atoms with Crippen molar-refractivity contribution < 1.29 is 4.79 Å². The molecule has 0 aliphatic carbocycles. The van der Waals surface area contributed by atoms with E-state index in [4.69, 9.17) is 0 Å². The van der Waals surface area contributed by atoms with Crippen LogP contribution in [-0.2, 0) is 10.3 Å². The number of nitrogens with zero attached hydrogens (tertiary/aromatic N) is 4. The Hall–Kier alpha value is -1.16. The number of nitrogens with one attached hydrogen (secondary N) is 2. The first-order valence-electron chi connectivity index (χ1n) is 7.23. The lowest BCUT2D eigenvalue weighted by atomic mass is 9.87. The molecule has 2 N–H and O–H groups in total. The summed E-state index contributed by atoms with van der Waals surface area (Å²) in [4.78, 5) is 12.9. The van der Waals surface area contributed by atoms with Gasteiger partial charge in [0.1, 0.15) is 5.54 Å². The maximum atomic E-state index is 12.9. The van der Waals surface area contributed by atoms with Crippen molar-refractivity contribution in [1.82, 2.24) is 25.3 Å². The molecule has 3 rings (SSSR count). The molecule has 2 aromatic heterocycles.